The highest BCUT2D eigenvalue weighted by atomic mass is 127. The van der Waals surface area contributed by atoms with E-state index in [2.05, 4.69) is 27.7 Å². The van der Waals surface area contributed by atoms with Gasteiger partial charge in [0, 0.05) is 4.88 Å². The van der Waals surface area contributed by atoms with Crippen LogP contribution in [0.3, 0.4) is 0 Å². The third-order valence-corrected chi connectivity index (χ3v) is 3.81. The Balaban J connectivity index is 2.22. The zero-order valence-electron chi connectivity index (χ0n) is 7.08. The first-order chi connectivity index (χ1) is 6.66. The van der Waals surface area contributed by atoms with Gasteiger partial charge < -0.3 is 5.73 Å². The summed E-state index contributed by atoms with van der Waals surface area (Å²) in [7, 11) is 0. The molecule has 6 heteroatoms. The van der Waals surface area contributed by atoms with Crippen molar-refractivity contribution in [1.29, 1.82) is 0 Å². The highest BCUT2D eigenvalue weighted by Crippen LogP contribution is 2.23. The van der Waals surface area contributed by atoms with Crippen molar-refractivity contribution in [2.24, 2.45) is 0 Å². The number of anilines is 1. The molecular formula is C8H7ClIN3S. The molecule has 2 aromatic rings. The maximum Gasteiger partial charge on any atom is 0.135 e. The predicted molar refractivity (Wildman–Crippen MR) is 67.8 cm³/mol. The second kappa shape index (κ2) is 4.08. The van der Waals surface area contributed by atoms with Gasteiger partial charge in [-0.05, 0) is 34.7 Å². The van der Waals surface area contributed by atoms with Gasteiger partial charge in [0.1, 0.15) is 5.82 Å². The van der Waals surface area contributed by atoms with E-state index in [1.54, 1.807) is 22.2 Å². The van der Waals surface area contributed by atoms with Crippen molar-refractivity contribution >= 4 is 51.3 Å². The zero-order chi connectivity index (χ0) is 10.1. The molecule has 2 rings (SSSR count). The van der Waals surface area contributed by atoms with E-state index in [1.165, 1.54) is 0 Å². The van der Waals surface area contributed by atoms with Gasteiger partial charge in [0.25, 0.3) is 0 Å². The Morgan fingerprint density at radius 3 is 2.86 bits per heavy atom. The van der Waals surface area contributed by atoms with Crippen molar-refractivity contribution in [3.8, 4) is 0 Å². The van der Waals surface area contributed by atoms with E-state index < -0.39 is 0 Å². The zero-order valence-corrected chi connectivity index (χ0v) is 10.8. The fourth-order valence-electron chi connectivity index (χ4n) is 1.08. The normalized spacial score (nSPS) is 10.7. The van der Waals surface area contributed by atoms with Crippen molar-refractivity contribution in [2.75, 3.05) is 5.73 Å². The van der Waals surface area contributed by atoms with E-state index in [1.807, 2.05) is 12.1 Å². The number of hydrogen-bond acceptors (Lipinski definition) is 3. The van der Waals surface area contributed by atoms with Gasteiger partial charge in [-0.15, -0.1) is 11.3 Å². The number of aromatic nitrogens is 2. The summed E-state index contributed by atoms with van der Waals surface area (Å²) in [6.07, 6.45) is 1.76. The summed E-state index contributed by atoms with van der Waals surface area (Å²) in [6.45, 7) is 0.687. The highest BCUT2D eigenvalue weighted by Gasteiger charge is 2.06. The molecule has 0 bridgehead atoms. The molecule has 0 amide bonds. The third-order valence-electron chi connectivity index (χ3n) is 1.77. The van der Waals surface area contributed by atoms with Gasteiger partial charge in [-0.25, -0.2) is 4.68 Å². The van der Waals surface area contributed by atoms with E-state index in [4.69, 9.17) is 17.3 Å². The second-order valence-electron chi connectivity index (χ2n) is 2.74. The van der Waals surface area contributed by atoms with Gasteiger partial charge in [0.15, 0.2) is 0 Å². The number of nitrogens with two attached hydrogens (primary N) is 1. The molecule has 2 heterocycles. The summed E-state index contributed by atoms with van der Waals surface area (Å²) >= 11 is 9.54. The summed E-state index contributed by atoms with van der Waals surface area (Å²) in [5.41, 5.74) is 5.82. The number of hydrogen-bond donors (Lipinski definition) is 1. The van der Waals surface area contributed by atoms with Crippen LogP contribution in [-0.4, -0.2) is 9.78 Å². The van der Waals surface area contributed by atoms with Crippen LogP contribution in [0.1, 0.15) is 4.88 Å². The Hall–Kier alpha value is -0.270. The van der Waals surface area contributed by atoms with E-state index in [0.29, 0.717) is 12.4 Å². The Kier molecular flexibility index (Phi) is 2.99. The van der Waals surface area contributed by atoms with Gasteiger partial charge in [0.05, 0.1) is 20.6 Å². The maximum absolute atomic E-state index is 5.83. The molecule has 2 aromatic heterocycles. The van der Waals surface area contributed by atoms with E-state index in [9.17, 15) is 0 Å². The molecule has 3 nitrogen and oxygen atoms in total. The number of rotatable bonds is 2. The van der Waals surface area contributed by atoms with Crippen LogP contribution in [0, 0.1) is 3.57 Å². The van der Waals surface area contributed by atoms with Crippen molar-refractivity contribution in [3.05, 3.63) is 31.1 Å². The van der Waals surface area contributed by atoms with Gasteiger partial charge in [-0.2, -0.15) is 5.10 Å². The first kappa shape index (κ1) is 10.3. The molecule has 0 radical (unpaired) electrons. The van der Waals surface area contributed by atoms with Crippen LogP contribution in [0.15, 0.2) is 18.3 Å². The van der Waals surface area contributed by atoms with Crippen LogP contribution in [0.5, 0.6) is 0 Å². The summed E-state index contributed by atoms with van der Waals surface area (Å²) in [5, 5.41) is 4.17. The Labute approximate surface area is 104 Å². The minimum Gasteiger partial charge on any atom is -0.383 e. The number of nitrogens with zero attached hydrogens (tertiary/aromatic N) is 2. The molecule has 14 heavy (non-hydrogen) atoms. The van der Waals surface area contributed by atoms with Crippen LogP contribution in [0.25, 0.3) is 0 Å². The summed E-state index contributed by atoms with van der Waals surface area (Å²) in [5.74, 6) is 0.704. The lowest BCUT2D eigenvalue weighted by Crippen LogP contribution is -2.04. The van der Waals surface area contributed by atoms with Crippen LogP contribution < -0.4 is 5.73 Å². The molecule has 0 saturated carbocycles. The molecule has 2 N–H and O–H groups in total. The minimum atomic E-state index is 0.687. The van der Waals surface area contributed by atoms with Crippen LogP contribution in [0.4, 0.5) is 5.82 Å². The topological polar surface area (TPSA) is 43.8 Å². The Morgan fingerprint density at radius 2 is 2.36 bits per heavy atom. The first-order valence-electron chi connectivity index (χ1n) is 3.88. The molecule has 0 aromatic carbocycles. The molecule has 0 unspecified atom stereocenters. The Bertz CT molecular complexity index is 451. The minimum absolute atomic E-state index is 0.687. The van der Waals surface area contributed by atoms with E-state index >= 15 is 0 Å². The monoisotopic (exact) mass is 339 g/mol. The predicted octanol–water partition coefficient (Wildman–Crippen LogP) is 2.83. The summed E-state index contributed by atoms with van der Waals surface area (Å²) < 4.78 is 3.54. The summed E-state index contributed by atoms with van der Waals surface area (Å²) in [4.78, 5) is 1.15. The highest BCUT2D eigenvalue weighted by molar-refractivity contribution is 14.1. The van der Waals surface area contributed by atoms with Gasteiger partial charge >= 0.3 is 0 Å². The maximum atomic E-state index is 5.83. The van der Waals surface area contributed by atoms with Crippen molar-refractivity contribution in [2.45, 2.75) is 6.54 Å². The second-order valence-corrected chi connectivity index (χ2v) is 5.70. The molecule has 0 spiro atoms. The average molecular weight is 340 g/mol. The van der Waals surface area contributed by atoms with Crippen molar-refractivity contribution in [3.63, 3.8) is 0 Å². The quantitative estimate of drug-likeness (QED) is 0.855. The van der Waals surface area contributed by atoms with Crippen LogP contribution in [0.2, 0.25) is 4.34 Å². The molecule has 0 aliphatic heterocycles. The fraction of sp³-hybridized carbons (Fsp3) is 0.125. The molecule has 0 atom stereocenters. The SMILES string of the molecule is Nc1c(I)cnn1Cc1ccc(Cl)s1. The lowest BCUT2D eigenvalue weighted by atomic mass is 10.5. The third kappa shape index (κ3) is 2.04. The smallest absolute Gasteiger partial charge is 0.135 e. The van der Waals surface area contributed by atoms with Crippen molar-refractivity contribution < 1.29 is 0 Å². The molecule has 0 aliphatic carbocycles. The summed E-state index contributed by atoms with van der Waals surface area (Å²) in [6, 6.07) is 3.87. The molecule has 0 fully saturated rings. The standard InChI is InChI=1S/C8H7ClIN3S/c9-7-2-1-5(14-7)4-13-8(11)6(10)3-12-13/h1-3H,4,11H2. The van der Waals surface area contributed by atoms with Crippen LogP contribution >= 0.6 is 45.5 Å². The molecule has 0 saturated heterocycles. The van der Waals surface area contributed by atoms with E-state index in [-0.39, 0.29) is 0 Å². The molecular weight excluding hydrogens is 333 g/mol. The fourth-order valence-corrected chi connectivity index (χ4v) is 2.56. The molecule has 74 valence electrons. The molecule has 0 aliphatic rings. The number of thiophene rings is 1. The number of nitrogen functional groups attached to an aromatic ring is 1. The largest absolute Gasteiger partial charge is 0.383 e. The van der Waals surface area contributed by atoms with Gasteiger partial charge in [-0.1, -0.05) is 11.6 Å². The average Bonchev–Trinajstić information content (AvgIpc) is 2.67. The lowest BCUT2D eigenvalue weighted by molar-refractivity contribution is 0.705. The van der Waals surface area contributed by atoms with Gasteiger partial charge in [0.2, 0.25) is 0 Å². The lowest BCUT2D eigenvalue weighted by Gasteiger charge is -2.00. The Morgan fingerprint density at radius 1 is 1.57 bits per heavy atom. The number of halogens is 2. The van der Waals surface area contributed by atoms with Gasteiger partial charge in [-0.3, -0.25) is 0 Å². The van der Waals surface area contributed by atoms with Crippen molar-refractivity contribution in [1.82, 2.24) is 9.78 Å². The first-order valence-corrected chi connectivity index (χ1v) is 6.15. The van der Waals surface area contributed by atoms with Crippen LogP contribution in [-0.2, 0) is 6.54 Å². The van der Waals surface area contributed by atoms with E-state index in [0.717, 1.165) is 12.8 Å².